The largest absolute Gasteiger partial charge is 0.573 e. The van der Waals surface area contributed by atoms with Gasteiger partial charge >= 0.3 is 12.3 Å². The molecule has 0 radical (unpaired) electrons. The number of rotatable bonds is 4. The number of carbonyl (C=O) groups is 1. The van der Waals surface area contributed by atoms with Crippen molar-refractivity contribution in [2.45, 2.75) is 13.3 Å². The van der Waals surface area contributed by atoms with Gasteiger partial charge in [-0.25, -0.2) is 4.79 Å². The Labute approximate surface area is 125 Å². The first-order valence-corrected chi connectivity index (χ1v) is 6.52. The minimum absolute atomic E-state index is 0.278. The lowest BCUT2D eigenvalue weighted by Gasteiger charge is -2.09. The van der Waals surface area contributed by atoms with Crippen LogP contribution in [0.2, 0.25) is 0 Å². The molecular weight excluding hydrogens is 297 g/mol. The third-order valence-electron chi connectivity index (χ3n) is 2.82. The topological polar surface area (TPSA) is 35.5 Å². The molecule has 3 nitrogen and oxygen atoms in total. The average Bonchev–Trinajstić information content (AvgIpc) is 2.47. The molecular formula is C16H13F3O3. The monoisotopic (exact) mass is 310 g/mol. The van der Waals surface area contributed by atoms with E-state index in [1.807, 2.05) is 0 Å². The van der Waals surface area contributed by atoms with Gasteiger partial charge in [0.25, 0.3) is 0 Å². The molecule has 0 aliphatic heterocycles. The maximum atomic E-state index is 12.1. The van der Waals surface area contributed by atoms with Gasteiger partial charge in [-0.2, -0.15) is 0 Å². The first-order chi connectivity index (χ1) is 10.4. The van der Waals surface area contributed by atoms with Crippen LogP contribution in [0.4, 0.5) is 13.2 Å². The molecule has 2 rings (SSSR count). The highest BCUT2D eigenvalue weighted by Crippen LogP contribution is 2.26. The summed E-state index contributed by atoms with van der Waals surface area (Å²) < 4.78 is 44.9. The lowest BCUT2D eigenvalue weighted by Crippen LogP contribution is -2.16. The van der Waals surface area contributed by atoms with E-state index in [-0.39, 0.29) is 5.75 Å². The standard InChI is InChI=1S/C16H13F3O3/c1-2-21-15(20)13-5-3-11(4-6-13)12-7-9-14(10-8-12)22-16(17,18)19/h3-10H,2H2,1H3. The Bertz CT molecular complexity index is 631. The smallest absolute Gasteiger partial charge is 0.462 e. The summed E-state index contributed by atoms with van der Waals surface area (Å²) in [5, 5.41) is 0. The van der Waals surface area contributed by atoms with Crippen molar-refractivity contribution in [3.05, 3.63) is 54.1 Å². The predicted molar refractivity (Wildman–Crippen MR) is 74.5 cm³/mol. The van der Waals surface area contributed by atoms with Crippen LogP contribution >= 0.6 is 0 Å². The van der Waals surface area contributed by atoms with Gasteiger partial charge < -0.3 is 9.47 Å². The van der Waals surface area contributed by atoms with Gasteiger partial charge in [-0.05, 0) is 42.3 Å². The van der Waals surface area contributed by atoms with Crippen molar-refractivity contribution in [3.8, 4) is 16.9 Å². The van der Waals surface area contributed by atoms with E-state index in [9.17, 15) is 18.0 Å². The van der Waals surface area contributed by atoms with E-state index in [2.05, 4.69) is 4.74 Å². The molecule has 0 heterocycles. The highest BCUT2D eigenvalue weighted by Gasteiger charge is 2.30. The van der Waals surface area contributed by atoms with Gasteiger partial charge in [-0.15, -0.1) is 13.2 Å². The molecule has 0 bridgehead atoms. The predicted octanol–water partition coefficient (Wildman–Crippen LogP) is 4.43. The quantitative estimate of drug-likeness (QED) is 0.784. The molecule has 116 valence electrons. The maximum absolute atomic E-state index is 12.1. The Morgan fingerprint density at radius 2 is 1.45 bits per heavy atom. The van der Waals surface area contributed by atoms with E-state index < -0.39 is 12.3 Å². The van der Waals surface area contributed by atoms with Crippen molar-refractivity contribution in [2.75, 3.05) is 6.61 Å². The van der Waals surface area contributed by atoms with E-state index >= 15 is 0 Å². The lowest BCUT2D eigenvalue weighted by atomic mass is 10.0. The van der Waals surface area contributed by atoms with Crippen LogP contribution in [-0.4, -0.2) is 18.9 Å². The number of hydrogen-bond donors (Lipinski definition) is 0. The fourth-order valence-electron chi connectivity index (χ4n) is 1.86. The van der Waals surface area contributed by atoms with Crippen molar-refractivity contribution < 1.29 is 27.4 Å². The third-order valence-corrected chi connectivity index (χ3v) is 2.82. The van der Waals surface area contributed by atoms with Gasteiger partial charge in [-0.1, -0.05) is 24.3 Å². The average molecular weight is 310 g/mol. The van der Waals surface area contributed by atoms with E-state index in [0.29, 0.717) is 17.7 Å². The SMILES string of the molecule is CCOC(=O)c1ccc(-c2ccc(OC(F)(F)F)cc2)cc1. The summed E-state index contributed by atoms with van der Waals surface area (Å²) in [5.41, 5.74) is 1.90. The van der Waals surface area contributed by atoms with Crippen LogP contribution in [0.1, 0.15) is 17.3 Å². The Kier molecular flexibility index (Phi) is 4.70. The van der Waals surface area contributed by atoms with E-state index in [0.717, 1.165) is 5.56 Å². The number of alkyl halides is 3. The number of halogens is 3. The fourth-order valence-corrected chi connectivity index (χ4v) is 1.86. The normalized spacial score (nSPS) is 11.1. The first-order valence-electron chi connectivity index (χ1n) is 6.52. The van der Waals surface area contributed by atoms with Crippen molar-refractivity contribution >= 4 is 5.97 Å². The number of benzene rings is 2. The molecule has 2 aromatic carbocycles. The number of esters is 1. The molecule has 0 spiro atoms. The van der Waals surface area contributed by atoms with Crippen LogP contribution in [-0.2, 0) is 4.74 Å². The van der Waals surface area contributed by atoms with Gasteiger partial charge in [0.15, 0.2) is 0 Å². The zero-order chi connectivity index (χ0) is 16.2. The lowest BCUT2D eigenvalue weighted by molar-refractivity contribution is -0.274. The maximum Gasteiger partial charge on any atom is 0.573 e. The van der Waals surface area contributed by atoms with Crippen LogP contribution in [0.15, 0.2) is 48.5 Å². The van der Waals surface area contributed by atoms with Crippen LogP contribution in [0.5, 0.6) is 5.75 Å². The Morgan fingerprint density at radius 3 is 1.91 bits per heavy atom. The van der Waals surface area contributed by atoms with Gasteiger partial charge in [0.1, 0.15) is 5.75 Å². The van der Waals surface area contributed by atoms with Crippen LogP contribution < -0.4 is 4.74 Å². The second-order valence-corrected chi connectivity index (χ2v) is 4.37. The summed E-state index contributed by atoms with van der Waals surface area (Å²) in [6, 6.07) is 12.1. The molecule has 0 N–H and O–H groups in total. The Hall–Kier alpha value is -2.50. The summed E-state index contributed by atoms with van der Waals surface area (Å²) in [5.74, 6) is -0.692. The first kappa shape index (κ1) is 15.9. The molecule has 6 heteroatoms. The van der Waals surface area contributed by atoms with Gasteiger partial charge in [0.2, 0.25) is 0 Å². The molecule has 0 saturated carbocycles. The van der Waals surface area contributed by atoms with Gasteiger partial charge in [0, 0.05) is 0 Å². The summed E-state index contributed by atoms with van der Waals surface area (Å²) >= 11 is 0. The van der Waals surface area contributed by atoms with E-state index in [1.165, 1.54) is 24.3 Å². The Balaban J connectivity index is 2.13. The highest BCUT2D eigenvalue weighted by atomic mass is 19.4. The summed E-state index contributed by atoms with van der Waals surface area (Å²) in [6.45, 7) is 2.01. The van der Waals surface area contributed by atoms with Crippen LogP contribution in [0, 0.1) is 0 Å². The minimum Gasteiger partial charge on any atom is -0.462 e. The molecule has 0 unspecified atom stereocenters. The summed E-state index contributed by atoms with van der Waals surface area (Å²) in [6.07, 6.45) is -4.71. The molecule has 0 aliphatic carbocycles. The molecule has 0 fully saturated rings. The molecule has 0 aromatic heterocycles. The van der Waals surface area contributed by atoms with Gasteiger partial charge in [-0.3, -0.25) is 0 Å². The number of ether oxygens (including phenoxy) is 2. The molecule has 0 atom stereocenters. The molecule has 0 aliphatic rings. The molecule has 0 saturated heterocycles. The van der Waals surface area contributed by atoms with Crippen molar-refractivity contribution in [1.29, 1.82) is 0 Å². The van der Waals surface area contributed by atoms with Crippen LogP contribution in [0.3, 0.4) is 0 Å². The molecule has 0 amide bonds. The van der Waals surface area contributed by atoms with Crippen molar-refractivity contribution in [2.24, 2.45) is 0 Å². The minimum atomic E-state index is -4.71. The van der Waals surface area contributed by atoms with E-state index in [4.69, 9.17) is 4.74 Å². The van der Waals surface area contributed by atoms with Crippen molar-refractivity contribution in [1.82, 2.24) is 0 Å². The summed E-state index contributed by atoms with van der Waals surface area (Å²) in [4.78, 5) is 11.5. The number of hydrogen-bond acceptors (Lipinski definition) is 3. The van der Waals surface area contributed by atoms with Crippen LogP contribution in [0.25, 0.3) is 11.1 Å². The Morgan fingerprint density at radius 1 is 0.955 bits per heavy atom. The fraction of sp³-hybridized carbons (Fsp3) is 0.188. The highest BCUT2D eigenvalue weighted by molar-refractivity contribution is 5.90. The summed E-state index contributed by atoms with van der Waals surface area (Å²) in [7, 11) is 0. The zero-order valence-corrected chi connectivity index (χ0v) is 11.7. The van der Waals surface area contributed by atoms with Gasteiger partial charge in [0.05, 0.1) is 12.2 Å². The molecule has 22 heavy (non-hydrogen) atoms. The van der Waals surface area contributed by atoms with E-state index in [1.54, 1.807) is 31.2 Å². The third kappa shape index (κ3) is 4.25. The second kappa shape index (κ2) is 6.51. The molecule has 2 aromatic rings. The second-order valence-electron chi connectivity index (χ2n) is 4.37. The zero-order valence-electron chi connectivity index (χ0n) is 11.7. The van der Waals surface area contributed by atoms with Crippen molar-refractivity contribution in [3.63, 3.8) is 0 Å². The number of carbonyl (C=O) groups excluding carboxylic acids is 1.